The standard InChI is InChI=1S/C48H55NO9/c1-26(2)12-11-19-45(8)20-18-31-38(50)37-39(51)33-23-30-24-36-47(33,57-41(37)32(40(31)56-45)15-13-27(3)4)48(36)44(6,7)58-46(48,42(30)52)21-17-28(5)43(53)49-25-29-14-16-34(54-9)35(22-29)55-10/h12-14,16-18,20,22-23,30,36,50H,11,15,19,21,24-25H2,1-10H3,(H,49,53)/b28-17-. The molecule has 1 amide bonds. The van der Waals surface area contributed by atoms with E-state index in [0.717, 1.165) is 17.6 Å². The zero-order valence-electron chi connectivity index (χ0n) is 35.3. The van der Waals surface area contributed by atoms with Gasteiger partial charge in [-0.1, -0.05) is 41.5 Å². The summed E-state index contributed by atoms with van der Waals surface area (Å²) in [4.78, 5) is 43.2. The Hall–Kier alpha value is -5.09. The number of phenols is 1. The third kappa shape index (κ3) is 5.35. The summed E-state index contributed by atoms with van der Waals surface area (Å²) in [5, 5.41) is 14.9. The fourth-order valence-electron chi connectivity index (χ4n) is 11.0. The first-order chi connectivity index (χ1) is 27.4. The Morgan fingerprint density at radius 1 is 0.966 bits per heavy atom. The Morgan fingerprint density at radius 2 is 1.69 bits per heavy atom. The van der Waals surface area contributed by atoms with Crippen LogP contribution in [0, 0.1) is 17.3 Å². The fourth-order valence-corrected chi connectivity index (χ4v) is 11.0. The molecule has 3 fully saturated rings. The quantitative estimate of drug-likeness (QED) is 0.161. The van der Waals surface area contributed by atoms with Gasteiger partial charge in [-0.15, -0.1) is 0 Å². The highest BCUT2D eigenvalue weighted by Gasteiger charge is 3.02. The molecule has 2 spiro atoms. The molecule has 2 bridgehead atoms. The van der Waals surface area contributed by atoms with E-state index in [-0.39, 0.29) is 47.7 Å². The van der Waals surface area contributed by atoms with Crippen molar-refractivity contribution in [2.24, 2.45) is 17.3 Å². The number of allylic oxidation sites excluding steroid dienone is 5. The number of amides is 1. The SMILES string of the molecule is COc1ccc(CNC(=O)/C(C)=C\CC23OC(C)(C)C24C2CC(C=C5C(=O)c6c(O)c7c(c(CC=C(C)C)c6OC524)OC(C)(CCC=C(C)C)C=C7)C3=O)cc1OC. The molecule has 6 unspecified atom stereocenters. The summed E-state index contributed by atoms with van der Waals surface area (Å²) < 4.78 is 31.7. The number of fused-ring (bicyclic) bond motifs is 3. The number of Topliss-reactive ketones (excluding diaryl/α,β-unsaturated/α-hetero) is 2. The predicted octanol–water partition coefficient (Wildman–Crippen LogP) is 8.49. The lowest BCUT2D eigenvalue weighted by molar-refractivity contribution is -0.329. The number of ether oxygens (including phenoxy) is 5. The first-order valence-electron chi connectivity index (χ1n) is 20.3. The number of methoxy groups -OCH3 is 2. The minimum absolute atomic E-state index is 0.107. The van der Waals surface area contributed by atoms with Crippen LogP contribution in [0.4, 0.5) is 0 Å². The molecule has 3 aliphatic carbocycles. The third-order valence-corrected chi connectivity index (χ3v) is 13.6. The number of carbonyl (C=O) groups is 3. The van der Waals surface area contributed by atoms with Gasteiger partial charge in [-0.25, -0.2) is 0 Å². The second-order valence-electron chi connectivity index (χ2n) is 18.0. The molecule has 6 aliphatic rings. The smallest absolute Gasteiger partial charge is 0.246 e. The van der Waals surface area contributed by atoms with Gasteiger partial charge in [0.05, 0.1) is 30.8 Å². The van der Waals surface area contributed by atoms with Crippen LogP contribution < -0.4 is 24.3 Å². The molecule has 0 radical (unpaired) electrons. The molecule has 58 heavy (non-hydrogen) atoms. The van der Waals surface area contributed by atoms with Crippen LogP contribution in [0.5, 0.6) is 28.7 Å². The van der Waals surface area contributed by atoms with E-state index in [1.165, 1.54) is 5.57 Å². The first-order valence-corrected chi connectivity index (χ1v) is 20.3. The maximum atomic E-state index is 15.0. The number of carbonyl (C=O) groups excluding carboxylic acids is 3. The largest absolute Gasteiger partial charge is 0.506 e. The van der Waals surface area contributed by atoms with Crippen molar-refractivity contribution in [1.29, 1.82) is 0 Å². The van der Waals surface area contributed by atoms with Gasteiger partial charge in [0, 0.05) is 41.5 Å². The molecule has 2 aromatic rings. The number of hydrogen-bond acceptors (Lipinski definition) is 9. The number of benzene rings is 2. The van der Waals surface area contributed by atoms with Gasteiger partial charge in [-0.05, 0) is 111 Å². The number of aromatic hydroxyl groups is 1. The van der Waals surface area contributed by atoms with E-state index in [2.05, 4.69) is 31.3 Å². The van der Waals surface area contributed by atoms with Crippen LogP contribution in [0.15, 0.2) is 70.9 Å². The van der Waals surface area contributed by atoms with E-state index in [1.54, 1.807) is 39.4 Å². The van der Waals surface area contributed by atoms with E-state index in [9.17, 15) is 14.7 Å². The number of nitrogens with one attached hydrogen (secondary N) is 1. The molecule has 8 rings (SSSR count). The minimum atomic E-state index is -1.33. The van der Waals surface area contributed by atoms with Gasteiger partial charge in [0.1, 0.15) is 34.0 Å². The van der Waals surface area contributed by atoms with Gasteiger partial charge in [0.15, 0.2) is 28.7 Å². The Labute approximate surface area is 341 Å². The summed E-state index contributed by atoms with van der Waals surface area (Å²) in [6, 6.07) is 5.47. The molecule has 10 nitrogen and oxygen atoms in total. The zero-order valence-corrected chi connectivity index (χ0v) is 35.3. The monoisotopic (exact) mass is 789 g/mol. The molecule has 1 saturated heterocycles. The van der Waals surface area contributed by atoms with Crippen LogP contribution in [-0.2, 0) is 27.3 Å². The van der Waals surface area contributed by atoms with E-state index in [1.807, 2.05) is 58.9 Å². The van der Waals surface area contributed by atoms with E-state index < -0.39 is 33.7 Å². The van der Waals surface area contributed by atoms with Crippen molar-refractivity contribution in [3.8, 4) is 28.7 Å². The van der Waals surface area contributed by atoms with Gasteiger partial charge in [0.2, 0.25) is 5.91 Å². The van der Waals surface area contributed by atoms with Gasteiger partial charge in [-0.3, -0.25) is 14.4 Å². The van der Waals surface area contributed by atoms with Crippen molar-refractivity contribution in [3.05, 3.63) is 93.1 Å². The molecule has 10 heteroatoms. The highest BCUT2D eigenvalue weighted by Crippen LogP contribution is 2.89. The second kappa shape index (κ2) is 13.5. The zero-order chi connectivity index (χ0) is 41.7. The van der Waals surface area contributed by atoms with Gasteiger partial charge < -0.3 is 34.1 Å². The Bertz CT molecular complexity index is 2320. The van der Waals surface area contributed by atoms with Gasteiger partial charge in [-0.2, -0.15) is 0 Å². The van der Waals surface area contributed by atoms with Gasteiger partial charge >= 0.3 is 0 Å². The van der Waals surface area contributed by atoms with Crippen molar-refractivity contribution in [2.75, 3.05) is 14.2 Å². The normalized spacial score (nSPS) is 30.1. The van der Waals surface area contributed by atoms with Crippen molar-refractivity contribution < 1.29 is 43.2 Å². The lowest BCUT2D eigenvalue weighted by Crippen LogP contribution is -2.76. The van der Waals surface area contributed by atoms with Crippen molar-refractivity contribution in [2.45, 2.75) is 116 Å². The van der Waals surface area contributed by atoms with Crippen LogP contribution in [0.1, 0.15) is 108 Å². The lowest BCUT2D eigenvalue weighted by atomic mass is 9.56. The summed E-state index contributed by atoms with van der Waals surface area (Å²) in [5.74, 6) is 0.302. The first kappa shape index (κ1) is 39.7. The number of phenolic OH excluding ortho intramolecular Hbond substituents is 1. The van der Waals surface area contributed by atoms with Crippen molar-refractivity contribution in [3.63, 3.8) is 0 Å². The molecule has 6 atom stereocenters. The summed E-state index contributed by atoms with van der Waals surface area (Å²) in [5.41, 5.74) is 0.354. The molecule has 306 valence electrons. The van der Waals surface area contributed by atoms with E-state index in [0.29, 0.717) is 64.5 Å². The average molecular weight is 790 g/mol. The molecule has 3 aliphatic heterocycles. The van der Waals surface area contributed by atoms with Crippen LogP contribution in [0.3, 0.4) is 0 Å². The molecule has 2 aromatic carbocycles. The number of hydrogen-bond donors (Lipinski definition) is 2. The molecular formula is C48H55NO9. The van der Waals surface area contributed by atoms with Crippen LogP contribution in [0.25, 0.3) is 6.08 Å². The third-order valence-electron chi connectivity index (χ3n) is 13.6. The molecule has 2 N–H and O–H groups in total. The summed E-state index contributed by atoms with van der Waals surface area (Å²) in [6.07, 6.45) is 14.3. The van der Waals surface area contributed by atoms with Gasteiger partial charge in [0.25, 0.3) is 0 Å². The lowest BCUT2D eigenvalue weighted by Gasteiger charge is -2.63. The van der Waals surface area contributed by atoms with Crippen molar-refractivity contribution in [1.82, 2.24) is 5.32 Å². The fraction of sp³-hybridized carbons (Fsp3) is 0.479. The average Bonchev–Trinajstić information content (AvgIpc) is 3.83. The Morgan fingerprint density at radius 3 is 2.36 bits per heavy atom. The summed E-state index contributed by atoms with van der Waals surface area (Å²) in [7, 11) is 3.13. The predicted molar refractivity (Wildman–Crippen MR) is 220 cm³/mol. The van der Waals surface area contributed by atoms with Crippen LogP contribution >= 0.6 is 0 Å². The number of ketones is 2. The summed E-state index contributed by atoms with van der Waals surface area (Å²) >= 11 is 0. The Balaban J connectivity index is 1.16. The Kier molecular flexibility index (Phi) is 9.23. The van der Waals surface area contributed by atoms with Crippen LogP contribution in [0.2, 0.25) is 0 Å². The second-order valence-corrected chi connectivity index (χ2v) is 18.0. The molecule has 0 aromatic heterocycles. The number of rotatable bonds is 12. The highest BCUT2D eigenvalue weighted by molar-refractivity contribution is 6.19. The molecular weight excluding hydrogens is 735 g/mol. The minimum Gasteiger partial charge on any atom is -0.506 e. The summed E-state index contributed by atoms with van der Waals surface area (Å²) in [6.45, 7) is 16.2. The maximum Gasteiger partial charge on any atom is 0.246 e. The molecule has 2 saturated carbocycles. The van der Waals surface area contributed by atoms with Crippen LogP contribution in [-0.4, -0.2) is 59.2 Å². The van der Waals surface area contributed by atoms with E-state index >= 15 is 4.79 Å². The highest BCUT2D eigenvalue weighted by atomic mass is 16.6. The maximum absolute atomic E-state index is 15.0. The van der Waals surface area contributed by atoms with E-state index in [4.69, 9.17) is 23.7 Å². The topological polar surface area (TPSA) is 130 Å². The van der Waals surface area contributed by atoms with Crippen molar-refractivity contribution >= 4 is 23.5 Å². The molecule has 3 heterocycles.